The number of fused-ring (bicyclic) bond motifs is 1. The number of rotatable bonds is 4. The largest absolute Gasteiger partial charge is 0.496 e. The lowest BCUT2D eigenvalue weighted by atomic mass is 10.1. The maximum Gasteiger partial charge on any atom is 0.252 e. The number of hydrogen-bond acceptors (Lipinski definition) is 5. The van der Waals surface area contributed by atoms with Crippen LogP contribution in [0.1, 0.15) is 11.1 Å². The Hall–Kier alpha value is -2.32. The monoisotopic (exact) mass is 430 g/mol. The summed E-state index contributed by atoms with van der Waals surface area (Å²) in [6.07, 6.45) is 0.128. The smallest absolute Gasteiger partial charge is 0.252 e. The van der Waals surface area contributed by atoms with Crippen molar-refractivity contribution >= 4 is 38.4 Å². The van der Waals surface area contributed by atoms with E-state index in [4.69, 9.17) is 4.74 Å². The standard InChI is InChI=1S/C21H22N2O4S2/c1-14-6-5-8-16(10-14)23-17-12-29(25,26)13-19(17)28-21(23)22-20(24)11-15-7-3-4-9-18(15)27-2/h3-10,17,19H,11-13H2,1-2H3/t17-,19+/m0/s1. The summed E-state index contributed by atoms with van der Waals surface area (Å²) in [7, 11) is -1.51. The van der Waals surface area contributed by atoms with Crippen LogP contribution in [-0.2, 0) is 21.1 Å². The van der Waals surface area contributed by atoms with Crippen LogP contribution in [0.5, 0.6) is 5.75 Å². The second-order valence-electron chi connectivity index (χ2n) is 7.29. The number of thioether (sulfide) groups is 1. The molecule has 2 aliphatic rings. The summed E-state index contributed by atoms with van der Waals surface area (Å²) in [6, 6.07) is 15.0. The first kappa shape index (κ1) is 20.0. The molecule has 2 saturated heterocycles. The van der Waals surface area contributed by atoms with Gasteiger partial charge in [0.15, 0.2) is 15.0 Å². The molecule has 2 aliphatic heterocycles. The van der Waals surface area contributed by atoms with Gasteiger partial charge in [-0.25, -0.2) is 8.42 Å². The molecule has 2 aromatic carbocycles. The highest BCUT2D eigenvalue weighted by Crippen LogP contribution is 2.41. The fourth-order valence-corrected chi connectivity index (χ4v) is 7.73. The van der Waals surface area contributed by atoms with E-state index in [-0.39, 0.29) is 35.1 Å². The van der Waals surface area contributed by atoms with E-state index in [9.17, 15) is 13.2 Å². The number of amides is 1. The quantitative estimate of drug-likeness (QED) is 0.743. The fraction of sp³-hybridized carbons (Fsp3) is 0.333. The van der Waals surface area contributed by atoms with Crippen LogP contribution in [0.4, 0.5) is 5.69 Å². The lowest BCUT2D eigenvalue weighted by molar-refractivity contribution is -0.117. The third kappa shape index (κ3) is 4.18. The Bertz CT molecular complexity index is 1080. The average molecular weight is 431 g/mol. The van der Waals surface area contributed by atoms with Crippen LogP contribution in [-0.4, -0.2) is 49.4 Å². The van der Waals surface area contributed by atoms with Crippen molar-refractivity contribution in [2.45, 2.75) is 24.6 Å². The van der Waals surface area contributed by atoms with E-state index < -0.39 is 9.84 Å². The molecule has 0 aromatic heterocycles. The maximum atomic E-state index is 12.7. The number of anilines is 1. The van der Waals surface area contributed by atoms with Crippen molar-refractivity contribution in [3.8, 4) is 5.75 Å². The predicted molar refractivity (Wildman–Crippen MR) is 117 cm³/mol. The molecular formula is C21H22N2O4S2. The van der Waals surface area contributed by atoms with Crippen molar-refractivity contribution in [3.63, 3.8) is 0 Å². The van der Waals surface area contributed by atoms with Gasteiger partial charge < -0.3 is 9.64 Å². The summed E-state index contributed by atoms with van der Waals surface area (Å²) in [6.45, 7) is 1.99. The SMILES string of the molecule is COc1ccccc1CC(=O)N=C1S[C@@H]2CS(=O)(=O)C[C@@H]2N1c1cccc(C)c1. The van der Waals surface area contributed by atoms with Gasteiger partial charge in [0.25, 0.3) is 5.91 Å². The first-order chi connectivity index (χ1) is 13.9. The normalized spacial score (nSPS) is 23.9. The average Bonchev–Trinajstić information content (AvgIpc) is 3.12. The molecule has 6 nitrogen and oxygen atoms in total. The highest BCUT2D eigenvalue weighted by atomic mass is 32.2. The van der Waals surface area contributed by atoms with E-state index in [1.807, 2.05) is 60.4 Å². The van der Waals surface area contributed by atoms with E-state index in [1.54, 1.807) is 7.11 Å². The Kier molecular flexibility index (Phi) is 5.40. The van der Waals surface area contributed by atoms with Crippen molar-refractivity contribution in [1.82, 2.24) is 0 Å². The molecular weight excluding hydrogens is 408 g/mol. The molecule has 4 rings (SSSR count). The molecule has 2 atom stereocenters. The topological polar surface area (TPSA) is 76.0 Å². The number of amidine groups is 1. The number of nitrogens with zero attached hydrogens (tertiary/aromatic N) is 2. The molecule has 1 amide bonds. The molecule has 2 aromatic rings. The Morgan fingerprint density at radius 3 is 2.76 bits per heavy atom. The summed E-state index contributed by atoms with van der Waals surface area (Å²) in [4.78, 5) is 19.0. The molecule has 0 bridgehead atoms. The third-order valence-electron chi connectivity index (χ3n) is 5.10. The lowest BCUT2D eigenvalue weighted by Crippen LogP contribution is -2.37. The number of carbonyl (C=O) groups is 1. The van der Waals surface area contributed by atoms with Crippen LogP contribution in [0, 0.1) is 6.92 Å². The lowest BCUT2D eigenvalue weighted by Gasteiger charge is -2.24. The van der Waals surface area contributed by atoms with Crippen molar-refractivity contribution < 1.29 is 17.9 Å². The number of carbonyl (C=O) groups excluding carboxylic acids is 1. The van der Waals surface area contributed by atoms with Crippen molar-refractivity contribution in [1.29, 1.82) is 0 Å². The van der Waals surface area contributed by atoms with Gasteiger partial charge in [0.1, 0.15) is 5.75 Å². The number of sulfone groups is 1. The first-order valence-electron chi connectivity index (χ1n) is 9.33. The molecule has 0 N–H and O–H groups in total. The van der Waals surface area contributed by atoms with Crippen LogP contribution >= 0.6 is 11.8 Å². The van der Waals surface area contributed by atoms with Crippen LogP contribution in [0.2, 0.25) is 0 Å². The van der Waals surface area contributed by atoms with Crippen LogP contribution < -0.4 is 9.64 Å². The van der Waals surface area contributed by atoms with Gasteiger partial charge in [-0.15, -0.1) is 0 Å². The number of aliphatic imine (C=N–C) groups is 1. The molecule has 0 spiro atoms. The zero-order valence-corrected chi connectivity index (χ0v) is 17.9. The number of benzene rings is 2. The summed E-state index contributed by atoms with van der Waals surface area (Å²) >= 11 is 1.39. The zero-order valence-electron chi connectivity index (χ0n) is 16.2. The summed E-state index contributed by atoms with van der Waals surface area (Å²) < 4.78 is 29.7. The maximum absolute atomic E-state index is 12.7. The summed E-state index contributed by atoms with van der Waals surface area (Å²) in [5.41, 5.74) is 2.71. The van der Waals surface area contributed by atoms with E-state index in [0.29, 0.717) is 10.9 Å². The molecule has 2 fully saturated rings. The zero-order chi connectivity index (χ0) is 20.6. The number of ether oxygens (including phenoxy) is 1. The van der Waals surface area contributed by atoms with Crippen LogP contribution in [0.25, 0.3) is 0 Å². The molecule has 0 saturated carbocycles. The van der Waals surface area contributed by atoms with Gasteiger partial charge in [0.05, 0.1) is 31.1 Å². The summed E-state index contributed by atoms with van der Waals surface area (Å²) in [5.74, 6) is 0.569. The van der Waals surface area contributed by atoms with Gasteiger partial charge in [0.2, 0.25) is 0 Å². The van der Waals surface area contributed by atoms with Gasteiger partial charge >= 0.3 is 0 Å². The number of aryl methyl sites for hydroxylation is 1. The highest BCUT2D eigenvalue weighted by molar-refractivity contribution is 8.16. The first-order valence-corrected chi connectivity index (χ1v) is 12.0. The van der Waals surface area contributed by atoms with Gasteiger partial charge in [-0.1, -0.05) is 42.1 Å². The fourth-order valence-electron chi connectivity index (χ4n) is 3.80. The highest BCUT2D eigenvalue weighted by Gasteiger charge is 2.49. The van der Waals surface area contributed by atoms with Gasteiger partial charge in [0, 0.05) is 16.5 Å². The van der Waals surface area contributed by atoms with Crippen molar-refractivity contribution in [2.24, 2.45) is 4.99 Å². The van der Waals surface area contributed by atoms with Crippen molar-refractivity contribution in [2.75, 3.05) is 23.5 Å². The second kappa shape index (κ2) is 7.84. The predicted octanol–water partition coefficient (Wildman–Crippen LogP) is 2.85. The Labute approximate surface area is 174 Å². The van der Waals surface area contributed by atoms with Crippen LogP contribution in [0.3, 0.4) is 0 Å². The van der Waals surface area contributed by atoms with Gasteiger partial charge in [-0.3, -0.25) is 4.79 Å². The molecule has 2 heterocycles. The van der Waals surface area contributed by atoms with Crippen molar-refractivity contribution in [3.05, 3.63) is 59.7 Å². The van der Waals surface area contributed by atoms with Crippen LogP contribution in [0.15, 0.2) is 53.5 Å². The third-order valence-corrected chi connectivity index (χ3v) is 8.31. The minimum absolute atomic E-state index is 0.0817. The van der Waals surface area contributed by atoms with Gasteiger partial charge in [-0.05, 0) is 30.7 Å². The molecule has 0 unspecified atom stereocenters. The molecule has 0 radical (unpaired) electrons. The number of para-hydroxylation sites is 1. The Balaban J connectivity index is 1.65. The minimum Gasteiger partial charge on any atom is -0.496 e. The second-order valence-corrected chi connectivity index (χ2v) is 10.6. The van der Waals surface area contributed by atoms with E-state index in [0.717, 1.165) is 16.8 Å². The van der Waals surface area contributed by atoms with Gasteiger partial charge in [-0.2, -0.15) is 4.99 Å². The molecule has 29 heavy (non-hydrogen) atoms. The number of methoxy groups -OCH3 is 1. The van der Waals surface area contributed by atoms with E-state index in [2.05, 4.69) is 4.99 Å². The minimum atomic E-state index is -3.08. The Morgan fingerprint density at radius 1 is 1.21 bits per heavy atom. The van der Waals surface area contributed by atoms with E-state index in [1.165, 1.54) is 11.8 Å². The summed E-state index contributed by atoms with van der Waals surface area (Å²) in [5, 5.41) is 0.457. The molecule has 8 heteroatoms. The number of hydrogen-bond donors (Lipinski definition) is 0. The molecule has 0 aliphatic carbocycles. The van der Waals surface area contributed by atoms with E-state index >= 15 is 0 Å². The molecule has 152 valence electrons. The Morgan fingerprint density at radius 2 is 2.00 bits per heavy atom.